The van der Waals surface area contributed by atoms with Crippen molar-refractivity contribution in [3.05, 3.63) is 21.9 Å². The summed E-state index contributed by atoms with van der Waals surface area (Å²) in [5.74, 6) is -0.618. The van der Waals surface area contributed by atoms with E-state index in [1.54, 1.807) is 7.11 Å². The molecular weight excluding hydrogens is 283 g/mol. The molecule has 18 heavy (non-hydrogen) atoms. The van der Waals surface area contributed by atoms with Gasteiger partial charge in [-0.05, 0) is 6.07 Å². The minimum atomic E-state index is -0.618. The Labute approximate surface area is 114 Å². The van der Waals surface area contributed by atoms with Crippen molar-refractivity contribution >= 4 is 29.2 Å². The van der Waals surface area contributed by atoms with Crippen LogP contribution in [0.4, 0.5) is 0 Å². The van der Waals surface area contributed by atoms with Gasteiger partial charge in [-0.3, -0.25) is 0 Å². The fourth-order valence-electron chi connectivity index (χ4n) is 1.01. The maximum absolute atomic E-state index is 11.6. The standard InChI is InChI=1S/C10H12Cl2N2O4/c1-16-2-3-17-4-5-18-10(15)7-6-8(11)13-14-9(7)12/h6H,2-5H2,1H3. The van der Waals surface area contributed by atoms with E-state index >= 15 is 0 Å². The predicted molar refractivity (Wildman–Crippen MR) is 65.0 cm³/mol. The molecule has 1 heterocycles. The van der Waals surface area contributed by atoms with Crippen LogP contribution in [0.1, 0.15) is 10.4 Å². The quantitative estimate of drug-likeness (QED) is 0.562. The first-order valence-electron chi connectivity index (χ1n) is 5.07. The van der Waals surface area contributed by atoms with Crippen molar-refractivity contribution in [3.8, 4) is 0 Å². The van der Waals surface area contributed by atoms with E-state index in [0.717, 1.165) is 0 Å². The number of esters is 1. The number of hydrogen-bond donors (Lipinski definition) is 0. The number of carbonyl (C=O) groups excluding carboxylic acids is 1. The molecule has 0 atom stereocenters. The number of aromatic nitrogens is 2. The third-order valence-electron chi connectivity index (χ3n) is 1.83. The number of carbonyl (C=O) groups is 1. The molecule has 0 unspecified atom stereocenters. The fourth-order valence-corrected chi connectivity index (χ4v) is 1.33. The number of ether oxygens (including phenoxy) is 3. The molecule has 100 valence electrons. The second-order valence-corrected chi connectivity index (χ2v) is 3.86. The summed E-state index contributed by atoms with van der Waals surface area (Å²) < 4.78 is 14.8. The number of rotatable bonds is 7. The van der Waals surface area contributed by atoms with Crippen molar-refractivity contribution in [1.29, 1.82) is 0 Å². The van der Waals surface area contributed by atoms with Crippen LogP contribution in [0.3, 0.4) is 0 Å². The lowest BCUT2D eigenvalue weighted by Crippen LogP contribution is -2.13. The summed E-state index contributed by atoms with van der Waals surface area (Å²) in [7, 11) is 1.57. The second-order valence-electron chi connectivity index (χ2n) is 3.11. The molecule has 1 rings (SSSR count). The molecule has 0 bridgehead atoms. The van der Waals surface area contributed by atoms with Crippen LogP contribution in [0, 0.1) is 0 Å². The largest absolute Gasteiger partial charge is 0.460 e. The molecule has 0 spiro atoms. The maximum atomic E-state index is 11.6. The van der Waals surface area contributed by atoms with Gasteiger partial charge in [-0.15, -0.1) is 10.2 Å². The summed E-state index contributed by atoms with van der Waals surface area (Å²) in [6.45, 7) is 1.32. The van der Waals surface area contributed by atoms with E-state index in [9.17, 15) is 4.79 Å². The van der Waals surface area contributed by atoms with Gasteiger partial charge in [0.15, 0.2) is 10.3 Å². The van der Waals surface area contributed by atoms with Crippen molar-refractivity contribution in [3.63, 3.8) is 0 Å². The minimum Gasteiger partial charge on any atom is -0.460 e. The van der Waals surface area contributed by atoms with Crippen LogP contribution in [0.25, 0.3) is 0 Å². The number of nitrogens with zero attached hydrogens (tertiary/aromatic N) is 2. The summed E-state index contributed by atoms with van der Waals surface area (Å²) in [4.78, 5) is 11.6. The lowest BCUT2D eigenvalue weighted by atomic mass is 10.3. The molecule has 0 amide bonds. The zero-order valence-corrected chi connectivity index (χ0v) is 11.2. The van der Waals surface area contributed by atoms with Gasteiger partial charge in [-0.2, -0.15) is 0 Å². The van der Waals surface area contributed by atoms with Gasteiger partial charge >= 0.3 is 5.97 Å². The summed E-state index contributed by atoms with van der Waals surface area (Å²) >= 11 is 11.3. The summed E-state index contributed by atoms with van der Waals surface area (Å²) in [5, 5.41) is 7.01. The van der Waals surface area contributed by atoms with Crippen molar-refractivity contribution in [1.82, 2.24) is 10.2 Å². The minimum absolute atomic E-state index is 0.0512. The van der Waals surface area contributed by atoms with Crippen LogP contribution in [-0.4, -0.2) is 49.7 Å². The lowest BCUT2D eigenvalue weighted by molar-refractivity contribution is 0.0213. The Morgan fingerprint density at radius 1 is 1.22 bits per heavy atom. The van der Waals surface area contributed by atoms with E-state index in [4.69, 9.17) is 37.4 Å². The molecule has 1 aromatic rings. The second kappa shape index (κ2) is 8.20. The number of methoxy groups -OCH3 is 1. The van der Waals surface area contributed by atoms with Gasteiger partial charge in [-0.25, -0.2) is 4.79 Å². The molecule has 0 N–H and O–H groups in total. The summed E-state index contributed by atoms with van der Waals surface area (Å²) in [6.07, 6.45) is 0. The van der Waals surface area contributed by atoms with Crippen molar-refractivity contribution in [2.75, 3.05) is 33.5 Å². The Morgan fingerprint density at radius 2 is 1.94 bits per heavy atom. The molecule has 0 saturated carbocycles. The molecule has 0 aliphatic heterocycles. The third-order valence-corrected chi connectivity index (χ3v) is 2.30. The SMILES string of the molecule is COCCOCCOC(=O)c1cc(Cl)nnc1Cl. The maximum Gasteiger partial charge on any atom is 0.341 e. The molecule has 0 aliphatic rings. The van der Waals surface area contributed by atoms with Gasteiger partial charge in [0.2, 0.25) is 0 Å². The molecule has 1 aromatic heterocycles. The molecule has 0 fully saturated rings. The van der Waals surface area contributed by atoms with Gasteiger partial charge in [0, 0.05) is 7.11 Å². The highest BCUT2D eigenvalue weighted by molar-refractivity contribution is 6.33. The molecular formula is C10H12Cl2N2O4. The van der Waals surface area contributed by atoms with E-state index in [0.29, 0.717) is 13.2 Å². The zero-order valence-electron chi connectivity index (χ0n) is 9.69. The average Bonchev–Trinajstić information content (AvgIpc) is 2.36. The normalized spacial score (nSPS) is 10.4. The zero-order chi connectivity index (χ0) is 13.4. The van der Waals surface area contributed by atoms with Crippen molar-refractivity contribution in [2.45, 2.75) is 0 Å². The van der Waals surface area contributed by atoms with Gasteiger partial charge in [-0.1, -0.05) is 23.2 Å². The van der Waals surface area contributed by atoms with E-state index in [-0.39, 0.29) is 29.1 Å². The monoisotopic (exact) mass is 294 g/mol. The first-order chi connectivity index (χ1) is 8.65. The number of hydrogen-bond acceptors (Lipinski definition) is 6. The molecule has 6 nitrogen and oxygen atoms in total. The number of halogens is 2. The van der Waals surface area contributed by atoms with Gasteiger partial charge in [0.25, 0.3) is 0 Å². The Hall–Kier alpha value is -0.950. The summed E-state index contributed by atoms with van der Waals surface area (Å²) in [5.41, 5.74) is 0.0774. The predicted octanol–water partition coefficient (Wildman–Crippen LogP) is 1.60. The Morgan fingerprint density at radius 3 is 2.67 bits per heavy atom. The van der Waals surface area contributed by atoms with Crippen LogP contribution < -0.4 is 0 Å². The highest BCUT2D eigenvalue weighted by atomic mass is 35.5. The Bertz CT molecular complexity index is 403. The molecule has 0 radical (unpaired) electrons. The molecule has 0 aliphatic carbocycles. The van der Waals surface area contributed by atoms with Gasteiger partial charge in [0.1, 0.15) is 12.2 Å². The van der Waals surface area contributed by atoms with E-state index in [1.807, 2.05) is 0 Å². The molecule has 0 saturated heterocycles. The highest BCUT2D eigenvalue weighted by Gasteiger charge is 2.14. The van der Waals surface area contributed by atoms with Crippen molar-refractivity contribution in [2.24, 2.45) is 0 Å². The average molecular weight is 295 g/mol. The van der Waals surface area contributed by atoms with Crippen molar-refractivity contribution < 1.29 is 19.0 Å². The van der Waals surface area contributed by atoms with E-state index in [1.165, 1.54) is 6.07 Å². The van der Waals surface area contributed by atoms with Crippen LogP contribution in [-0.2, 0) is 14.2 Å². The third kappa shape index (κ3) is 5.14. The fraction of sp³-hybridized carbons (Fsp3) is 0.500. The first kappa shape index (κ1) is 15.1. The van der Waals surface area contributed by atoms with Gasteiger partial charge in [0.05, 0.1) is 19.8 Å². The highest BCUT2D eigenvalue weighted by Crippen LogP contribution is 2.16. The molecule has 8 heteroatoms. The lowest BCUT2D eigenvalue weighted by Gasteiger charge is -2.06. The van der Waals surface area contributed by atoms with E-state index < -0.39 is 5.97 Å². The smallest absolute Gasteiger partial charge is 0.341 e. The Balaban J connectivity index is 2.34. The van der Waals surface area contributed by atoms with Crippen LogP contribution >= 0.6 is 23.2 Å². The summed E-state index contributed by atoms with van der Waals surface area (Å²) in [6, 6.07) is 1.30. The van der Waals surface area contributed by atoms with Gasteiger partial charge < -0.3 is 14.2 Å². The first-order valence-corrected chi connectivity index (χ1v) is 5.83. The van der Waals surface area contributed by atoms with Crippen LogP contribution in [0.5, 0.6) is 0 Å². The Kier molecular flexibility index (Phi) is 6.89. The topological polar surface area (TPSA) is 70.5 Å². The van der Waals surface area contributed by atoms with Crippen LogP contribution in [0.15, 0.2) is 6.07 Å². The van der Waals surface area contributed by atoms with Crippen LogP contribution in [0.2, 0.25) is 10.3 Å². The molecule has 0 aromatic carbocycles. The van der Waals surface area contributed by atoms with E-state index in [2.05, 4.69) is 10.2 Å².